The number of aromatic nitrogens is 1. The van der Waals surface area contributed by atoms with Crippen molar-refractivity contribution in [3.63, 3.8) is 0 Å². The number of aromatic carboxylic acids is 1. The van der Waals surface area contributed by atoms with Crippen LogP contribution in [-0.2, 0) is 0 Å². The van der Waals surface area contributed by atoms with Crippen molar-refractivity contribution in [1.29, 1.82) is 0 Å². The first-order valence-electron chi connectivity index (χ1n) is 4.53. The quantitative estimate of drug-likeness (QED) is 0.774. The van der Waals surface area contributed by atoms with E-state index in [1.54, 1.807) is 13.8 Å². The van der Waals surface area contributed by atoms with Crippen molar-refractivity contribution >= 4 is 5.97 Å². The minimum atomic E-state index is -1.06. The number of nitrogens with zero attached hydrogens (tertiary/aromatic N) is 1. The van der Waals surface area contributed by atoms with Gasteiger partial charge in [-0.05, 0) is 19.9 Å². The van der Waals surface area contributed by atoms with Crippen LogP contribution in [-0.4, -0.2) is 33.4 Å². The van der Waals surface area contributed by atoms with Gasteiger partial charge in [-0.3, -0.25) is 4.98 Å². The summed E-state index contributed by atoms with van der Waals surface area (Å²) in [6.07, 6.45) is 1.61. The minimum Gasteiger partial charge on any atom is -0.486 e. The summed E-state index contributed by atoms with van der Waals surface area (Å²) in [5.74, 6) is -0.721. The van der Waals surface area contributed by atoms with Crippen LogP contribution < -0.4 is 4.74 Å². The summed E-state index contributed by atoms with van der Waals surface area (Å²) in [6.45, 7) is 3.29. The van der Waals surface area contributed by atoms with Gasteiger partial charge in [0.25, 0.3) is 0 Å². The minimum absolute atomic E-state index is 0.0605. The van der Waals surface area contributed by atoms with Crippen LogP contribution >= 0.6 is 0 Å². The van der Waals surface area contributed by atoms with E-state index in [9.17, 15) is 9.90 Å². The Hall–Kier alpha value is -1.62. The molecule has 5 heteroatoms. The van der Waals surface area contributed by atoms with Crippen LogP contribution in [0.25, 0.3) is 0 Å². The van der Waals surface area contributed by atoms with Gasteiger partial charge in [-0.25, -0.2) is 4.79 Å². The second kappa shape index (κ2) is 4.75. The molecule has 0 radical (unpaired) electrons. The number of aliphatic hydroxyl groups excluding tert-OH is 1. The molecular formula is C10H13NO4. The predicted octanol–water partition coefficient (Wildman–Crippen LogP) is 0.928. The number of hydrogen-bond donors (Lipinski definition) is 2. The van der Waals surface area contributed by atoms with Gasteiger partial charge in [0.15, 0.2) is 0 Å². The van der Waals surface area contributed by atoms with Gasteiger partial charge in [0.2, 0.25) is 0 Å². The van der Waals surface area contributed by atoms with Crippen LogP contribution in [0.15, 0.2) is 18.5 Å². The van der Waals surface area contributed by atoms with Gasteiger partial charge in [-0.2, -0.15) is 0 Å². The Labute approximate surface area is 87.3 Å². The van der Waals surface area contributed by atoms with E-state index < -0.39 is 18.2 Å². The van der Waals surface area contributed by atoms with Gasteiger partial charge in [0, 0.05) is 6.20 Å². The SMILES string of the molecule is CC(O)C(C)Oc1cncc(C(=O)O)c1. The summed E-state index contributed by atoms with van der Waals surface area (Å²) in [7, 11) is 0. The Kier molecular flexibility index (Phi) is 3.62. The molecule has 0 aliphatic carbocycles. The standard InChI is InChI=1S/C10H13NO4/c1-6(12)7(2)15-9-3-8(10(13)14)4-11-5-9/h3-7,12H,1-2H3,(H,13,14). The maximum absolute atomic E-state index is 10.6. The monoisotopic (exact) mass is 211 g/mol. The highest BCUT2D eigenvalue weighted by Gasteiger charge is 2.11. The highest BCUT2D eigenvalue weighted by atomic mass is 16.5. The maximum atomic E-state index is 10.6. The molecule has 0 aliphatic heterocycles. The molecule has 0 bridgehead atoms. The van der Waals surface area contributed by atoms with Gasteiger partial charge in [0.1, 0.15) is 11.9 Å². The highest BCUT2D eigenvalue weighted by molar-refractivity contribution is 5.87. The van der Waals surface area contributed by atoms with Crippen molar-refractivity contribution in [2.45, 2.75) is 26.1 Å². The molecule has 2 N–H and O–H groups in total. The largest absolute Gasteiger partial charge is 0.486 e. The van der Waals surface area contributed by atoms with Crippen LogP contribution in [0.2, 0.25) is 0 Å². The topological polar surface area (TPSA) is 79.7 Å². The number of aliphatic hydroxyl groups is 1. The second-order valence-electron chi connectivity index (χ2n) is 3.28. The molecule has 0 fully saturated rings. The maximum Gasteiger partial charge on any atom is 0.337 e. The summed E-state index contributed by atoms with van der Waals surface area (Å²) in [4.78, 5) is 14.4. The van der Waals surface area contributed by atoms with Crippen LogP contribution in [0, 0.1) is 0 Å². The molecule has 1 rings (SSSR count). The molecule has 1 aromatic heterocycles. The van der Waals surface area contributed by atoms with Crippen molar-refractivity contribution in [2.24, 2.45) is 0 Å². The lowest BCUT2D eigenvalue weighted by atomic mass is 10.2. The third-order valence-electron chi connectivity index (χ3n) is 1.96. The van der Waals surface area contributed by atoms with E-state index in [2.05, 4.69) is 4.98 Å². The average molecular weight is 211 g/mol. The summed E-state index contributed by atoms with van der Waals surface area (Å²) in [5, 5.41) is 17.9. The normalized spacial score (nSPS) is 14.3. The predicted molar refractivity (Wildman–Crippen MR) is 53.0 cm³/mol. The van der Waals surface area contributed by atoms with Gasteiger partial charge >= 0.3 is 5.97 Å². The van der Waals surface area contributed by atoms with E-state index >= 15 is 0 Å². The second-order valence-corrected chi connectivity index (χ2v) is 3.28. The first-order chi connectivity index (χ1) is 7.00. The van der Waals surface area contributed by atoms with Crippen LogP contribution in [0.1, 0.15) is 24.2 Å². The van der Waals surface area contributed by atoms with E-state index in [0.717, 1.165) is 0 Å². The molecule has 1 heterocycles. The molecule has 2 unspecified atom stereocenters. The molecule has 0 saturated heterocycles. The van der Waals surface area contributed by atoms with Gasteiger partial charge < -0.3 is 14.9 Å². The third kappa shape index (κ3) is 3.21. The lowest BCUT2D eigenvalue weighted by molar-refractivity contribution is 0.0597. The molecule has 0 aromatic carbocycles. The molecule has 0 saturated carbocycles. The first-order valence-corrected chi connectivity index (χ1v) is 4.53. The fourth-order valence-corrected chi connectivity index (χ4v) is 0.913. The first kappa shape index (κ1) is 11.5. The number of pyridine rings is 1. The van der Waals surface area contributed by atoms with Gasteiger partial charge in [0.05, 0.1) is 17.9 Å². The lowest BCUT2D eigenvalue weighted by Crippen LogP contribution is -2.25. The number of carboxylic acid groups (broad SMARTS) is 1. The fourth-order valence-electron chi connectivity index (χ4n) is 0.913. The summed E-state index contributed by atoms with van der Waals surface area (Å²) in [5.41, 5.74) is 0.0605. The summed E-state index contributed by atoms with van der Waals surface area (Å²) < 4.78 is 5.29. The number of carbonyl (C=O) groups is 1. The molecule has 0 spiro atoms. The van der Waals surface area contributed by atoms with E-state index in [-0.39, 0.29) is 5.56 Å². The summed E-state index contributed by atoms with van der Waals surface area (Å²) in [6, 6.07) is 1.37. The van der Waals surface area contributed by atoms with E-state index in [0.29, 0.717) is 5.75 Å². The van der Waals surface area contributed by atoms with Crippen LogP contribution in [0.4, 0.5) is 0 Å². The van der Waals surface area contributed by atoms with Crippen molar-refractivity contribution in [1.82, 2.24) is 4.98 Å². The average Bonchev–Trinajstić information content (AvgIpc) is 2.18. The zero-order valence-electron chi connectivity index (χ0n) is 8.54. The molecule has 1 aromatic rings. The Bertz CT molecular complexity index is 351. The zero-order valence-corrected chi connectivity index (χ0v) is 8.54. The molecule has 0 amide bonds. The van der Waals surface area contributed by atoms with E-state index in [1.807, 2.05) is 0 Å². The lowest BCUT2D eigenvalue weighted by Gasteiger charge is -2.16. The number of carboxylic acids is 1. The molecule has 82 valence electrons. The van der Waals surface area contributed by atoms with Gasteiger partial charge in [-0.15, -0.1) is 0 Å². The van der Waals surface area contributed by atoms with Crippen molar-refractivity contribution in [2.75, 3.05) is 0 Å². The van der Waals surface area contributed by atoms with Gasteiger partial charge in [-0.1, -0.05) is 0 Å². The third-order valence-corrected chi connectivity index (χ3v) is 1.96. The number of ether oxygens (including phenoxy) is 1. The molecule has 5 nitrogen and oxygen atoms in total. The van der Waals surface area contributed by atoms with Crippen molar-refractivity contribution in [3.05, 3.63) is 24.0 Å². The molecular weight excluding hydrogens is 198 g/mol. The van der Waals surface area contributed by atoms with Crippen molar-refractivity contribution in [3.8, 4) is 5.75 Å². The highest BCUT2D eigenvalue weighted by Crippen LogP contribution is 2.14. The fraction of sp³-hybridized carbons (Fsp3) is 0.400. The Morgan fingerprint density at radius 3 is 2.67 bits per heavy atom. The molecule has 15 heavy (non-hydrogen) atoms. The smallest absolute Gasteiger partial charge is 0.337 e. The Morgan fingerprint density at radius 2 is 2.13 bits per heavy atom. The van der Waals surface area contributed by atoms with E-state index in [1.165, 1.54) is 18.5 Å². The Balaban J connectivity index is 2.78. The summed E-state index contributed by atoms with van der Waals surface area (Å²) >= 11 is 0. The zero-order chi connectivity index (χ0) is 11.4. The number of rotatable bonds is 4. The van der Waals surface area contributed by atoms with Crippen LogP contribution in [0.3, 0.4) is 0 Å². The number of hydrogen-bond acceptors (Lipinski definition) is 4. The Morgan fingerprint density at radius 1 is 1.47 bits per heavy atom. The van der Waals surface area contributed by atoms with E-state index in [4.69, 9.17) is 9.84 Å². The molecule has 0 aliphatic rings. The van der Waals surface area contributed by atoms with Crippen LogP contribution in [0.5, 0.6) is 5.75 Å². The van der Waals surface area contributed by atoms with Crippen molar-refractivity contribution < 1.29 is 19.7 Å². The molecule has 2 atom stereocenters.